The molecule has 264 valence electrons. The van der Waals surface area contributed by atoms with Crippen LogP contribution in [0, 0.1) is 12.8 Å². The van der Waals surface area contributed by atoms with Gasteiger partial charge >= 0.3 is 6.09 Å². The molecule has 1 aliphatic carbocycles. The van der Waals surface area contributed by atoms with E-state index in [4.69, 9.17) is 23.8 Å². The summed E-state index contributed by atoms with van der Waals surface area (Å²) in [6, 6.07) is 28.5. The second-order valence-electron chi connectivity index (χ2n) is 11.5. The number of nitrogens with two attached hydrogens (primary N) is 1. The van der Waals surface area contributed by atoms with E-state index in [1.807, 2.05) is 66.0 Å². The molecule has 1 saturated carbocycles. The number of carbonyl (C=O) groups excluding carboxylic acids is 1. The van der Waals surface area contributed by atoms with Gasteiger partial charge in [-0.2, -0.15) is 0 Å². The third-order valence-corrected chi connectivity index (χ3v) is 8.66. The van der Waals surface area contributed by atoms with Gasteiger partial charge in [0.1, 0.15) is 19.0 Å². The van der Waals surface area contributed by atoms with E-state index in [0.29, 0.717) is 39.5 Å². The fraction of sp³-hybridized carbons (Fsp3) is 0.500. The molecule has 3 N–H and O–H groups in total. The summed E-state index contributed by atoms with van der Waals surface area (Å²) in [4.78, 5) is 19.7. The first-order chi connectivity index (χ1) is 23.6. The van der Waals surface area contributed by atoms with Crippen LogP contribution in [0.1, 0.15) is 63.0 Å². The van der Waals surface area contributed by atoms with E-state index in [9.17, 15) is 4.79 Å². The van der Waals surface area contributed by atoms with E-state index < -0.39 is 6.09 Å². The number of rotatable bonds is 15. The Balaban J connectivity index is 0.000000607. The lowest BCUT2D eigenvalue weighted by molar-refractivity contribution is -0.136. The minimum atomic E-state index is -0.409. The van der Waals surface area contributed by atoms with Crippen molar-refractivity contribution < 1.29 is 28.6 Å². The summed E-state index contributed by atoms with van der Waals surface area (Å²) in [6.07, 6.45) is 6.94. The molecule has 1 aliphatic heterocycles. The van der Waals surface area contributed by atoms with Crippen molar-refractivity contribution in [3.8, 4) is 5.75 Å². The number of nitrogens with zero attached hydrogens (tertiary/aromatic N) is 1. The predicted octanol–water partition coefficient (Wildman–Crippen LogP) is 7.92. The van der Waals surface area contributed by atoms with Crippen molar-refractivity contribution in [2.45, 2.75) is 82.7 Å². The largest absolute Gasteiger partial charge is 0.489 e. The van der Waals surface area contributed by atoms with Crippen LogP contribution in [-0.4, -0.2) is 62.9 Å². The van der Waals surface area contributed by atoms with E-state index in [0.717, 1.165) is 41.9 Å². The van der Waals surface area contributed by atoms with Gasteiger partial charge in [0.25, 0.3) is 0 Å². The van der Waals surface area contributed by atoms with E-state index in [1.165, 1.54) is 31.9 Å². The highest BCUT2D eigenvalue weighted by Gasteiger charge is 2.30. The highest BCUT2D eigenvalue weighted by Crippen LogP contribution is 2.30. The average molecular weight is 682 g/mol. The van der Waals surface area contributed by atoms with Crippen molar-refractivity contribution in [3.63, 3.8) is 0 Å². The number of benzene rings is 3. The van der Waals surface area contributed by atoms with E-state index in [2.05, 4.69) is 48.3 Å². The zero-order chi connectivity index (χ0) is 34.2. The molecule has 48 heavy (non-hydrogen) atoms. The van der Waals surface area contributed by atoms with Gasteiger partial charge in [0.15, 0.2) is 6.29 Å². The molecular formula is C38H55N3O6S. The van der Waals surface area contributed by atoms with Crippen molar-refractivity contribution in [1.82, 2.24) is 9.79 Å². The second-order valence-corrected chi connectivity index (χ2v) is 12.6. The molecule has 9 nitrogen and oxygen atoms in total. The summed E-state index contributed by atoms with van der Waals surface area (Å²) in [5, 5.41) is 2.86. The molecule has 10 heteroatoms. The van der Waals surface area contributed by atoms with Crippen LogP contribution in [0.15, 0.2) is 89.8 Å². The molecule has 2 fully saturated rings. The number of amides is 1. The zero-order valence-corrected chi connectivity index (χ0v) is 29.7. The molecule has 5 rings (SSSR count). The van der Waals surface area contributed by atoms with Gasteiger partial charge in [0, 0.05) is 30.5 Å². The van der Waals surface area contributed by atoms with E-state index in [1.54, 1.807) is 11.9 Å². The Morgan fingerprint density at radius 1 is 0.958 bits per heavy atom. The maximum atomic E-state index is 12.2. The number of carbonyl (C=O) groups is 1. The van der Waals surface area contributed by atoms with Gasteiger partial charge in [-0.1, -0.05) is 91.6 Å². The van der Waals surface area contributed by atoms with Crippen molar-refractivity contribution in [1.29, 1.82) is 0 Å². The lowest BCUT2D eigenvalue weighted by Crippen LogP contribution is -2.32. The second kappa shape index (κ2) is 24.1. The Morgan fingerprint density at radius 2 is 1.69 bits per heavy atom. The van der Waals surface area contributed by atoms with Crippen LogP contribution >= 0.6 is 11.9 Å². The minimum absolute atomic E-state index is 0.0823. The monoisotopic (exact) mass is 681 g/mol. The van der Waals surface area contributed by atoms with Crippen LogP contribution < -0.4 is 15.8 Å². The quantitative estimate of drug-likeness (QED) is 0.0940. The van der Waals surface area contributed by atoms with Gasteiger partial charge in [-0.05, 0) is 82.3 Å². The van der Waals surface area contributed by atoms with Crippen LogP contribution in [0.5, 0.6) is 5.75 Å². The van der Waals surface area contributed by atoms with Crippen LogP contribution in [0.2, 0.25) is 0 Å². The van der Waals surface area contributed by atoms with Gasteiger partial charge in [0.05, 0.1) is 12.7 Å². The molecule has 1 saturated heterocycles. The van der Waals surface area contributed by atoms with Crippen molar-refractivity contribution in [3.05, 3.63) is 96.1 Å². The standard InChI is InChI=1S/C30H42N2O6S.C7H8.CH5N/c1-2-34-29-25(17-20-35-29)23-37-30(33)31-18-10-19-32(38-26-13-7-4-8-14-26)39-28-16-9-15-27(21-28)36-22-24-11-5-3-6-12-24;1-7-5-3-2-4-6-7;1-2/h3,5-6,9,11-12,15-16,21,25-26,29H,2,4,7-8,10,13-14,17-20,22-23H2,1H3,(H,31,33);2-6H,1H3;2H2,1H3. The smallest absolute Gasteiger partial charge is 0.407 e. The van der Waals surface area contributed by atoms with Crippen LogP contribution in [0.25, 0.3) is 0 Å². The average Bonchev–Trinajstić information content (AvgIpc) is 3.58. The highest BCUT2D eigenvalue weighted by atomic mass is 32.2. The summed E-state index contributed by atoms with van der Waals surface area (Å²) in [5.41, 5.74) is 6.96. The van der Waals surface area contributed by atoms with Crippen molar-refractivity contribution in [2.75, 3.05) is 40.0 Å². The zero-order valence-electron chi connectivity index (χ0n) is 28.9. The summed E-state index contributed by atoms with van der Waals surface area (Å²) >= 11 is 1.57. The maximum absolute atomic E-state index is 12.2. The third-order valence-electron chi connectivity index (χ3n) is 7.72. The Morgan fingerprint density at radius 3 is 2.38 bits per heavy atom. The highest BCUT2D eigenvalue weighted by molar-refractivity contribution is 7.96. The van der Waals surface area contributed by atoms with Gasteiger partial charge in [-0.25, -0.2) is 4.79 Å². The molecule has 0 radical (unpaired) electrons. The molecule has 0 aromatic heterocycles. The lowest BCUT2D eigenvalue weighted by Gasteiger charge is -2.28. The molecule has 1 heterocycles. The maximum Gasteiger partial charge on any atom is 0.407 e. The Bertz CT molecular complexity index is 1250. The van der Waals surface area contributed by atoms with Crippen LogP contribution in [0.3, 0.4) is 0 Å². The first-order valence-electron chi connectivity index (χ1n) is 17.2. The topological polar surface area (TPSA) is 105 Å². The number of aryl methyl sites for hydroxylation is 1. The number of hydrogen-bond donors (Lipinski definition) is 2. The molecule has 0 bridgehead atoms. The van der Waals surface area contributed by atoms with Gasteiger partial charge in [-0.3, -0.25) is 4.84 Å². The summed E-state index contributed by atoms with van der Waals surface area (Å²) < 4.78 is 24.5. The minimum Gasteiger partial charge on any atom is -0.489 e. The van der Waals surface area contributed by atoms with Crippen molar-refractivity contribution in [2.24, 2.45) is 11.7 Å². The van der Waals surface area contributed by atoms with Gasteiger partial charge < -0.3 is 30.0 Å². The predicted molar refractivity (Wildman–Crippen MR) is 192 cm³/mol. The number of hydrogen-bond acceptors (Lipinski definition) is 9. The van der Waals surface area contributed by atoms with Crippen molar-refractivity contribution >= 4 is 18.0 Å². The molecule has 1 amide bonds. The molecule has 2 atom stereocenters. The number of ether oxygens (including phenoxy) is 4. The summed E-state index contributed by atoms with van der Waals surface area (Å²) in [5.74, 6) is 0.907. The summed E-state index contributed by atoms with van der Waals surface area (Å²) in [7, 11) is 1.50. The SMILES string of the molecule is CCOC1OCCC1COC(=O)NCCCN(OC1CCCCC1)Sc1cccc(OCc2ccccc2)c1.CN.Cc1ccccc1. The van der Waals surface area contributed by atoms with Crippen LogP contribution in [0.4, 0.5) is 4.79 Å². The molecule has 0 spiro atoms. The molecule has 3 aromatic rings. The Labute approximate surface area is 291 Å². The van der Waals surface area contributed by atoms with Gasteiger partial charge in [0.2, 0.25) is 0 Å². The number of nitrogens with one attached hydrogen (secondary N) is 1. The molecule has 2 aliphatic rings. The lowest BCUT2D eigenvalue weighted by atomic mass is 9.98. The molecule has 2 unspecified atom stereocenters. The first-order valence-corrected chi connectivity index (χ1v) is 18.0. The fourth-order valence-corrected chi connectivity index (χ4v) is 6.15. The molecule has 3 aromatic carbocycles. The number of alkyl carbamates (subject to hydrolysis) is 1. The van der Waals surface area contributed by atoms with E-state index >= 15 is 0 Å². The Hall–Kier alpha value is -3.12. The first kappa shape index (κ1) is 39.3. The summed E-state index contributed by atoms with van der Waals surface area (Å²) in [6.45, 7) is 7.22. The Kier molecular flexibility index (Phi) is 19.7. The number of hydroxylamine groups is 1. The van der Waals surface area contributed by atoms with Crippen LogP contribution in [-0.2, 0) is 25.7 Å². The molecular weight excluding hydrogens is 627 g/mol. The fourth-order valence-electron chi connectivity index (χ4n) is 5.22. The van der Waals surface area contributed by atoms with Gasteiger partial charge in [-0.15, -0.1) is 4.47 Å². The third kappa shape index (κ3) is 15.9. The normalized spacial score (nSPS) is 17.4. The van der Waals surface area contributed by atoms with E-state index in [-0.39, 0.29) is 18.3 Å².